The van der Waals surface area contributed by atoms with E-state index in [4.69, 9.17) is 9.26 Å². The lowest BCUT2D eigenvalue weighted by molar-refractivity contribution is 0.102. The average Bonchev–Trinajstić information content (AvgIpc) is 3.23. The largest absolute Gasteiger partial charge is 0.496 e. The van der Waals surface area contributed by atoms with E-state index in [1.807, 2.05) is 43.3 Å². The molecule has 0 saturated carbocycles. The Balaban J connectivity index is 1.35. The molecule has 7 nitrogen and oxygen atoms in total. The van der Waals surface area contributed by atoms with Gasteiger partial charge in [0.1, 0.15) is 5.75 Å². The molecule has 1 aromatic heterocycles. The lowest BCUT2D eigenvalue weighted by Crippen LogP contribution is -2.43. The zero-order valence-electron chi connectivity index (χ0n) is 18.9. The van der Waals surface area contributed by atoms with Crippen molar-refractivity contribution in [1.82, 2.24) is 10.1 Å². The first kappa shape index (κ1) is 21.9. The van der Waals surface area contributed by atoms with E-state index in [2.05, 4.69) is 33.4 Å². The van der Waals surface area contributed by atoms with Gasteiger partial charge in [0.05, 0.1) is 24.9 Å². The van der Waals surface area contributed by atoms with Crippen LogP contribution >= 0.6 is 0 Å². The van der Waals surface area contributed by atoms with Gasteiger partial charge in [0.25, 0.3) is 5.91 Å². The highest BCUT2D eigenvalue weighted by Crippen LogP contribution is 2.26. The Hall–Kier alpha value is -3.32. The van der Waals surface area contributed by atoms with Crippen LogP contribution < -0.4 is 15.0 Å². The van der Waals surface area contributed by atoms with Crippen LogP contribution in [0.4, 0.5) is 11.4 Å². The molecule has 0 bridgehead atoms. The number of piperidine rings is 1. The number of aromatic nitrogens is 1. The molecule has 1 amide bonds. The summed E-state index contributed by atoms with van der Waals surface area (Å²) in [6, 6.07) is 17.8. The number of aryl methyl sites for hydroxylation is 1. The maximum Gasteiger partial charge on any atom is 0.259 e. The first-order valence-electron chi connectivity index (χ1n) is 11.0. The number of benzene rings is 2. The van der Waals surface area contributed by atoms with Gasteiger partial charge in [-0.15, -0.1) is 0 Å². The molecule has 32 heavy (non-hydrogen) atoms. The molecule has 1 N–H and O–H groups in total. The Labute approximate surface area is 188 Å². The Bertz CT molecular complexity index is 1060. The summed E-state index contributed by atoms with van der Waals surface area (Å²) in [5.41, 5.74) is 3.33. The number of methoxy groups -OCH3 is 1. The maximum atomic E-state index is 12.7. The molecule has 0 radical (unpaired) electrons. The van der Waals surface area contributed by atoms with Crippen molar-refractivity contribution in [2.45, 2.75) is 32.4 Å². The van der Waals surface area contributed by atoms with Gasteiger partial charge < -0.3 is 19.5 Å². The van der Waals surface area contributed by atoms with Gasteiger partial charge in [-0.3, -0.25) is 9.69 Å². The van der Waals surface area contributed by atoms with Gasteiger partial charge in [0.15, 0.2) is 5.76 Å². The summed E-state index contributed by atoms with van der Waals surface area (Å²) in [5, 5.41) is 6.98. The Kier molecular flexibility index (Phi) is 6.75. The number of amides is 1. The summed E-state index contributed by atoms with van der Waals surface area (Å²) in [5.74, 6) is 1.29. The molecular formula is C25H30N4O3. The fraction of sp³-hybridized carbons (Fsp3) is 0.360. The predicted molar refractivity (Wildman–Crippen MR) is 125 cm³/mol. The van der Waals surface area contributed by atoms with Crippen molar-refractivity contribution in [3.63, 3.8) is 0 Å². The summed E-state index contributed by atoms with van der Waals surface area (Å²) in [6.07, 6.45) is 2.14. The number of carbonyl (C=O) groups is 1. The number of nitrogens with zero attached hydrogens (tertiary/aromatic N) is 3. The third-order valence-corrected chi connectivity index (χ3v) is 5.99. The van der Waals surface area contributed by atoms with E-state index < -0.39 is 0 Å². The standard InChI is InChI=1S/C25H30N4O3/c1-18-15-22(32-27-18)17-28(2)20-11-13-29(14-12-20)21-8-6-7-19(16-21)26-25(30)23-9-4-5-10-24(23)31-3/h4-10,15-16,20H,11-14,17H2,1-3H3,(H,26,30). The van der Waals surface area contributed by atoms with E-state index in [9.17, 15) is 4.79 Å². The van der Waals surface area contributed by atoms with E-state index in [1.165, 1.54) is 0 Å². The topological polar surface area (TPSA) is 70.8 Å². The monoisotopic (exact) mass is 434 g/mol. The van der Waals surface area contributed by atoms with Gasteiger partial charge in [0.2, 0.25) is 0 Å². The van der Waals surface area contributed by atoms with Gasteiger partial charge in [0, 0.05) is 36.6 Å². The molecule has 168 valence electrons. The van der Waals surface area contributed by atoms with Crippen molar-refractivity contribution in [3.05, 3.63) is 71.6 Å². The minimum Gasteiger partial charge on any atom is -0.496 e. The SMILES string of the molecule is COc1ccccc1C(=O)Nc1cccc(N2CCC(N(C)Cc3cc(C)no3)CC2)c1. The number of anilines is 2. The molecule has 0 aliphatic carbocycles. The van der Waals surface area contributed by atoms with E-state index in [0.29, 0.717) is 17.4 Å². The summed E-state index contributed by atoms with van der Waals surface area (Å²) < 4.78 is 10.7. The summed E-state index contributed by atoms with van der Waals surface area (Å²) in [4.78, 5) is 17.5. The van der Waals surface area contributed by atoms with Crippen LogP contribution in [-0.4, -0.2) is 49.3 Å². The highest BCUT2D eigenvalue weighted by Gasteiger charge is 2.24. The van der Waals surface area contributed by atoms with E-state index in [1.54, 1.807) is 19.2 Å². The Morgan fingerprint density at radius 1 is 1.19 bits per heavy atom. The first-order chi connectivity index (χ1) is 15.5. The van der Waals surface area contributed by atoms with Crippen molar-refractivity contribution < 1.29 is 14.1 Å². The van der Waals surface area contributed by atoms with Crippen LogP contribution in [-0.2, 0) is 6.54 Å². The summed E-state index contributed by atoms with van der Waals surface area (Å²) in [7, 11) is 3.71. The second-order valence-corrected chi connectivity index (χ2v) is 8.27. The number of nitrogens with one attached hydrogen (secondary N) is 1. The number of carbonyl (C=O) groups excluding carboxylic acids is 1. The molecule has 0 spiro atoms. The summed E-state index contributed by atoms with van der Waals surface area (Å²) >= 11 is 0. The van der Waals surface area contributed by atoms with Crippen molar-refractivity contribution in [2.24, 2.45) is 0 Å². The number of rotatable bonds is 7. The molecule has 0 atom stereocenters. The Morgan fingerprint density at radius 3 is 2.69 bits per heavy atom. The molecule has 7 heteroatoms. The van der Waals surface area contributed by atoms with Crippen molar-refractivity contribution in [1.29, 1.82) is 0 Å². The first-order valence-corrected chi connectivity index (χ1v) is 11.0. The molecule has 1 aliphatic rings. The lowest BCUT2D eigenvalue weighted by atomic mass is 10.0. The lowest BCUT2D eigenvalue weighted by Gasteiger charge is -2.37. The molecule has 0 unspecified atom stereocenters. The molecule has 1 fully saturated rings. The molecule has 2 aromatic carbocycles. The van der Waals surface area contributed by atoms with E-state index in [-0.39, 0.29) is 5.91 Å². The molecule has 4 rings (SSSR count). The highest BCUT2D eigenvalue weighted by molar-refractivity contribution is 6.06. The second-order valence-electron chi connectivity index (χ2n) is 8.27. The molecule has 1 saturated heterocycles. The number of para-hydroxylation sites is 1. The van der Waals surface area contributed by atoms with Crippen LogP contribution in [0.15, 0.2) is 59.1 Å². The van der Waals surface area contributed by atoms with Crippen LogP contribution in [0.25, 0.3) is 0 Å². The van der Waals surface area contributed by atoms with Crippen LogP contribution in [0, 0.1) is 6.92 Å². The molecule has 2 heterocycles. The predicted octanol–water partition coefficient (Wildman–Crippen LogP) is 4.34. The van der Waals surface area contributed by atoms with Gasteiger partial charge in [-0.05, 0) is 57.1 Å². The normalized spacial score (nSPS) is 14.6. The zero-order chi connectivity index (χ0) is 22.5. The van der Waals surface area contributed by atoms with Crippen LogP contribution in [0.5, 0.6) is 5.75 Å². The zero-order valence-corrected chi connectivity index (χ0v) is 18.9. The highest BCUT2D eigenvalue weighted by atomic mass is 16.5. The van der Waals surface area contributed by atoms with Gasteiger partial charge in [-0.1, -0.05) is 23.4 Å². The third-order valence-electron chi connectivity index (χ3n) is 5.99. The van der Waals surface area contributed by atoms with Crippen LogP contribution in [0.1, 0.15) is 34.7 Å². The second kappa shape index (κ2) is 9.87. The number of ether oxygens (including phenoxy) is 1. The van der Waals surface area contributed by atoms with Gasteiger partial charge in [-0.2, -0.15) is 0 Å². The third kappa shape index (κ3) is 5.11. The maximum absolute atomic E-state index is 12.7. The average molecular weight is 435 g/mol. The van der Waals surface area contributed by atoms with E-state index in [0.717, 1.165) is 55.3 Å². The quantitative estimate of drug-likeness (QED) is 0.596. The molecule has 1 aliphatic heterocycles. The number of hydrogen-bond acceptors (Lipinski definition) is 6. The molecule has 3 aromatic rings. The van der Waals surface area contributed by atoms with Crippen molar-refractivity contribution in [3.8, 4) is 5.75 Å². The summed E-state index contributed by atoms with van der Waals surface area (Å²) in [6.45, 7) is 4.65. The molecular weight excluding hydrogens is 404 g/mol. The van der Waals surface area contributed by atoms with Gasteiger partial charge in [-0.25, -0.2) is 0 Å². The minimum atomic E-state index is -0.178. The van der Waals surface area contributed by atoms with Gasteiger partial charge >= 0.3 is 0 Å². The van der Waals surface area contributed by atoms with Crippen LogP contribution in [0.2, 0.25) is 0 Å². The van der Waals surface area contributed by atoms with E-state index >= 15 is 0 Å². The van der Waals surface area contributed by atoms with Crippen molar-refractivity contribution in [2.75, 3.05) is 37.5 Å². The fourth-order valence-electron chi connectivity index (χ4n) is 4.24. The van der Waals surface area contributed by atoms with Crippen molar-refractivity contribution >= 4 is 17.3 Å². The fourth-order valence-corrected chi connectivity index (χ4v) is 4.24. The Morgan fingerprint density at radius 2 is 1.97 bits per heavy atom. The minimum absolute atomic E-state index is 0.178. The number of hydrogen-bond donors (Lipinski definition) is 1. The van der Waals surface area contributed by atoms with Crippen LogP contribution in [0.3, 0.4) is 0 Å². The smallest absolute Gasteiger partial charge is 0.259 e.